The van der Waals surface area contributed by atoms with E-state index in [1.54, 1.807) is 36.5 Å². The fourth-order valence-electron chi connectivity index (χ4n) is 2.47. The zero-order chi connectivity index (χ0) is 20.7. The van der Waals surface area contributed by atoms with Crippen LogP contribution in [0.15, 0.2) is 42.6 Å². The second-order valence-corrected chi connectivity index (χ2v) is 7.18. The number of aliphatic hydroxyl groups excluding tert-OH is 1. The third-order valence-corrected chi connectivity index (χ3v) is 4.40. The average molecular weight is 428 g/mol. The summed E-state index contributed by atoms with van der Waals surface area (Å²) in [4.78, 5) is 25.4. The van der Waals surface area contributed by atoms with Crippen LogP contribution in [0, 0.1) is 0 Å². The van der Waals surface area contributed by atoms with Gasteiger partial charge in [-0.25, -0.2) is 4.39 Å². The number of benzene rings is 1. The second kappa shape index (κ2) is 10.4. The molecule has 0 aliphatic heterocycles. The molecule has 1 aromatic heterocycles. The van der Waals surface area contributed by atoms with Crippen LogP contribution in [-0.2, 0) is 16.1 Å². The molecule has 0 saturated carbocycles. The Morgan fingerprint density at radius 1 is 1.14 bits per heavy atom. The molecule has 0 fully saturated rings. The van der Waals surface area contributed by atoms with E-state index in [-0.39, 0.29) is 5.91 Å². The summed E-state index contributed by atoms with van der Waals surface area (Å²) in [6, 6.07) is 9.29. The summed E-state index contributed by atoms with van der Waals surface area (Å²) in [6.45, 7) is 0.810. The molecule has 0 bridgehead atoms. The Balaban J connectivity index is 2.07. The van der Waals surface area contributed by atoms with Gasteiger partial charge in [0.15, 0.2) is 4.84 Å². The normalized spacial score (nSPS) is 13.1. The van der Waals surface area contributed by atoms with Crippen LogP contribution in [0.4, 0.5) is 4.39 Å². The highest BCUT2D eigenvalue weighted by Crippen LogP contribution is 2.24. The lowest BCUT2D eigenvalue weighted by Crippen LogP contribution is -2.43. The van der Waals surface area contributed by atoms with Gasteiger partial charge >= 0.3 is 0 Å². The molecule has 0 radical (unpaired) electrons. The molecule has 0 aliphatic rings. The Morgan fingerprint density at radius 2 is 1.79 bits per heavy atom. The van der Waals surface area contributed by atoms with E-state index in [2.05, 4.69) is 15.6 Å². The molecular formula is C19H20Cl2FN3O3. The van der Waals surface area contributed by atoms with Gasteiger partial charge in [0.2, 0.25) is 5.91 Å². The molecule has 150 valence electrons. The minimum absolute atomic E-state index is 0.129. The molecular weight excluding hydrogens is 408 g/mol. The van der Waals surface area contributed by atoms with Gasteiger partial charge in [0.25, 0.3) is 5.91 Å². The first kappa shape index (κ1) is 22.1. The van der Waals surface area contributed by atoms with Crippen molar-refractivity contribution < 1.29 is 19.1 Å². The van der Waals surface area contributed by atoms with E-state index < -0.39 is 29.6 Å². The minimum atomic E-state index is -1.34. The highest BCUT2D eigenvalue weighted by Gasteiger charge is 2.25. The van der Waals surface area contributed by atoms with Crippen molar-refractivity contribution in [3.63, 3.8) is 0 Å². The van der Waals surface area contributed by atoms with Gasteiger partial charge in [0, 0.05) is 18.7 Å². The first-order valence-electron chi connectivity index (χ1n) is 8.44. The number of aliphatic hydroxyl groups is 1. The van der Waals surface area contributed by atoms with E-state index in [9.17, 15) is 19.1 Å². The van der Waals surface area contributed by atoms with Gasteiger partial charge in [-0.05, 0) is 17.2 Å². The number of hydrogen-bond acceptors (Lipinski definition) is 4. The number of aromatic nitrogens is 1. The van der Waals surface area contributed by atoms with E-state index in [4.69, 9.17) is 23.2 Å². The molecule has 0 unspecified atom stereocenters. The van der Waals surface area contributed by atoms with Gasteiger partial charge in [-0.3, -0.25) is 14.6 Å². The molecule has 6 nitrogen and oxygen atoms in total. The van der Waals surface area contributed by atoms with E-state index in [0.717, 1.165) is 16.8 Å². The molecule has 2 atom stereocenters. The van der Waals surface area contributed by atoms with Crippen LogP contribution in [0.5, 0.6) is 0 Å². The zero-order valence-corrected chi connectivity index (χ0v) is 16.5. The standard InChI is InChI=1S/C19H20Cl2FN3O3/c1-11(26)23-10-15-7-6-14(9-24-15)12-2-4-13(5-3-12)17(27)16(8-22)25-19(28)18(20)21/h2-7,9,16-18,27H,8,10H2,1H3,(H,23,26)(H,25,28)/t16-,17+/m1/s1. The number of alkyl halides is 3. The van der Waals surface area contributed by atoms with Crippen molar-refractivity contribution in [2.24, 2.45) is 0 Å². The Kier molecular flexibility index (Phi) is 8.17. The predicted octanol–water partition coefficient (Wildman–Crippen LogP) is 2.68. The Bertz CT molecular complexity index is 801. The summed E-state index contributed by atoms with van der Waals surface area (Å²) >= 11 is 10.9. The van der Waals surface area contributed by atoms with Crippen LogP contribution in [0.3, 0.4) is 0 Å². The van der Waals surface area contributed by atoms with Crippen molar-refractivity contribution in [1.29, 1.82) is 0 Å². The highest BCUT2D eigenvalue weighted by atomic mass is 35.5. The fraction of sp³-hybridized carbons (Fsp3) is 0.316. The molecule has 0 spiro atoms. The van der Waals surface area contributed by atoms with Crippen LogP contribution in [0.25, 0.3) is 11.1 Å². The number of nitrogens with zero attached hydrogens (tertiary/aromatic N) is 1. The molecule has 2 aromatic rings. The largest absolute Gasteiger partial charge is 0.386 e. The van der Waals surface area contributed by atoms with Crippen LogP contribution in [0.2, 0.25) is 0 Å². The van der Waals surface area contributed by atoms with E-state index in [0.29, 0.717) is 12.1 Å². The van der Waals surface area contributed by atoms with Crippen molar-refractivity contribution in [3.05, 3.63) is 53.9 Å². The Hall–Kier alpha value is -2.22. The van der Waals surface area contributed by atoms with Gasteiger partial charge in [-0.15, -0.1) is 0 Å². The van der Waals surface area contributed by atoms with Crippen LogP contribution < -0.4 is 10.6 Å². The molecule has 1 heterocycles. The number of amides is 2. The topological polar surface area (TPSA) is 91.3 Å². The maximum Gasteiger partial charge on any atom is 0.253 e. The first-order valence-corrected chi connectivity index (χ1v) is 9.31. The highest BCUT2D eigenvalue weighted by molar-refractivity contribution is 6.53. The van der Waals surface area contributed by atoms with Crippen molar-refractivity contribution >= 4 is 35.0 Å². The number of hydrogen-bond donors (Lipinski definition) is 3. The summed E-state index contributed by atoms with van der Waals surface area (Å²) < 4.78 is 13.2. The molecule has 0 aliphatic carbocycles. The number of carbonyl (C=O) groups is 2. The number of rotatable bonds is 8. The van der Waals surface area contributed by atoms with Crippen molar-refractivity contribution in [2.75, 3.05) is 6.67 Å². The van der Waals surface area contributed by atoms with Crippen LogP contribution in [-0.4, -0.2) is 39.5 Å². The fourth-order valence-corrected chi connectivity index (χ4v) is 2.59. The van der Waals surface area contributed by atoms with Crippen molar-refractivity contribution in [1.82, 2.24) is 15.6 Å². The van der Waals surface area contributed by atoms with E-state index >= 15 is 0 Å². The van der Waals surface area contributed by atoms with Crippen LogP contribution in [0.1, 0.15) is 24.3 Å². The summed E-state index contributed by atoms with van der Waals surface area (Å²) in [5.74, 6) is -0.900. The Labute approximate surface area is 172 Å². The molecule has 1 aromatic carbocycles. The maximum absolute atomic E-state index is 13.2. The molecule has 3 N–H and O–H groups in total. The lowest BCUT2D eigenvalue weighted by Gasteiger charge is -2.22. The molecule has 2 amide bonds. The first-order chi connectivity index (χ1) is 13.3. The number of nitrogens with one attached hydrogen (secondary N) is 2. The number of pyridine rings is 1. The van der Waals surface area contributed by atoms with Gasteiger partial charge in [-0.2, -0.15) is 0 Å². The SMILES string of the molecule is CC(=O)NCc1ccc(-c2ccc([C@H](O)[C@@H](CF)NC(=O)C(Cl)Cl)cc2)cn1. The van der Waals surface area contributed by atoms with Crippen LogP contribution >= 0.6 is 23.2 Å². The van der Waals surface area contributed by atoms with Crippen molar-refractivity contribution in [2.45, 2.75) is 30.5 Å². The number of carbonyl (C=O) groups excluding carboxylic acids is 2. The lowest BCUT2D eigenvalue weighted by molar-refractivity contribution is -0.121. The van der Waals surface area contributed by atoms with Gasteiger partial charge < -0.3 is 15.7 Å². The van der Waals surface area contributed by atoms with E-state index in [1.807, 2.05) is 6.07 Å². The summed E-state index contributed by atoms with van der Waals surface area (Å²) in [5.41, 5.74) is 2.85. The lowest BCUT2D eigenvalue weighted by atomic mass is 9.99. The smallest absolute Gasteiger partial charge is 0.253 e. The summed E-state index contributed by atoms with van der Waals surface area (Å²) in [7, 11) is 0. The molecule has 28 heavy (non-hydrogen) atoms. The molecule has 9 heteroatoms. The zero-order valence-electron chi connectivity index (χ0n) is 15.0. The summed E-state index contributed by atoms with van der Waals surface area (Å²) in [6.07, 6.45) is 0.419. The number of halogens is 3. The third kappa shape index (κ3) is 6.15. The minimum Gasteiger partial charge on any atom is -0.386 e. The van der Waals surface area contributed by atoms with E-state index in [1.165, 1.54) is 6.92 Å². The Morgan fingerprint density at radius 3 is 2.29 bits per heavy atom. The monoisotopic (exact) mass is 427 g/mol. The van der Waals surface area contributed by atoms with Gasteiger partial charge in [0.05, 0.1) is 18.3 Å². The maximum atomic E-state index is 13.2. The van der Waals surface area contributed by atoms with Crippen molar-refractivity contribution in [3.8, 4) is 11.1 Å². The predicted molar refractivity (Wildman–Crippen MR) is 106 cm³/mol. The average Bonchev–Trinajstić information content (AvgIpc) is 2.70. The van der Waals surface area contributed by atoms with Gasteiger partial charge in [0.1, 0.15) is 12.8 Å². The molecule has 2 rings (SSSR count). The quantitative estimate of drug-likeness (QED) is 0.564. The summed E-state index contributed by atoms with van der Waals surface area (Å²) in [5, 5.41) is 15.3. The van der Waals surface area contributed by atoms with Gasteiger partial charge in [-0.1, -0.05) is 53.5 Å². The molecule has 0 saturated heterocycles. The second-order valence-electron chi connectivity index (χ2n) is 6.08. The third-order valence-electron chi connectivity index (χ3n) is 4.00.